The van der Waals surface area contributed by atoms with Crippen molar-refractivity contribution in [3.8, 4) is 0 Å². The summed E-state index contributed by atoms with van der Waals surface area (Å²) in [5.74, 6) is -1.58. The summed E-state index contributed by atoms with van der Waals surface area (Å²) in [5, 5.41) is 8.81. The lowest BCUT2D eigenvalue weighted by Crippen LogP contribution is -2.46. The summed E-state index contributed by atoms with van der Waals surface area (Å²) in [7, 11) is 0. The van der Waals surface area contributed by atoms with Crippen molar-refractivity contribution in [2.45, 2.75) is 32.3 Å². The SMILES string of the molecule is CCCC1CN(C(=O)C2CC2C(=O)O)CCO1. The molecule has 0 aromatic heterocycles. The van der Waals surface area contributed by atoms with Gasteiger partial charge in [0.25, 0.3) is 0 Å². The molecule has 1 aliphatic carbocycles. The summed E-state index contributed by atoms with van der Waals surface area (Å²) in [6.45, 7) is 3.88. The van der Waals surface area contributed by atoms with Crippen molar-refractivity contribution in [3.63, 3.8) is 0 Å². The molecule has 2 rings (SSSR count). The Hall–Kier alpha value is -1.10. The van der Waals surface area contributed by atoms with Crippen LogP contribution in [0.1, 0.15) is 26.2 Å². The molecule has 17 heavy (non-hydrogen) atoms. The number of hydrogen-bond donors (Lipinski definition) is 1. The molecule has 1 saturated heterocycles. The van der Waals surface area contributed by atoms with Crippen molar-refractivity contribution in [1.82, 2.24) is 4.90 Å². The lowest BCUT2D eigenvalue weighted by molar-refractivity contribution is -0.145. The summed E-state index contributed by atoms with van der Waals surface area (Å²) in [4.78, 5) is 24.5. The molecule has 0 aromatic rings. The van der Waals surface area contributed by atoms with Gasteiger partial charge in [-0.25, -0.2) is 0 Å². The average molecular weight is 241 g/mol. The maximum Gasteiger partial charge on any atom is 0.307 e. The highest BCUT2D eigenvalue weighted by molar-refractivity contribution is 5.89. The molecule has 1 N–H and O–H groups in total. The van der Waals surface area contributed by atoms with Gasteiger partial charge >= 0.3 is 5.97 Å². The topological polar surface area (TPSA) is 66.8 Å². The fourth-order valence-corrected chi connectivity index (χ4v) is 2.39. The van der Waals surface area contributed by atoms with E-state index in [0.29, 0.717) is 26.1 Å². The Morgan fingerprint density at radius 1 is 1.41 bits per heavy atom. The van der Waals surface area contributed by atoms with Crippen LogP contribution in [-0.4, -0.2) is 47.7 Å². The molecule has 5 nitrogen and oxygen atoms in total. The zero-order valence-corrected chi connectivity index (χ0v) is 10.1. The number of amides is 1. The number of aliphatic carboxylic acids is 1. The Balaban J connectivity index is 1.85. The van der Waals surface area contributed by atoms with E-state index in [-0.39, 0.29) is 17.9 Å². The van der Waals surface area contributed by atoms with Crippen LogP contribution in [-0.2, 0) is 14.3 Å². The van der Waals surface area contributed by atoms with Crippen molar-refractivity contribution in [1.29, 1.82) is 0 Å². The lowest BCUT2D eigenvalue weighted by Gasteiger charge is -2.33. The second-order valence-electron chi connectivity index (χ2n) is 4.85. The van der Waals surface area contributed by atoms with Crippen LogP contribution >= 0.6 is 0 Å². The van der Waals surface area contributed by atoms with Crippen molar-refractivity contribution in [3.05, 3.63) is 0 Å². The Kier molecular flexibility index (Phi) is 3.66. The number of carbonyl (C=O) groups excluding carboxylic acids is 1. The number of carbonyl (C=O) groups is 2. The normalized spacial score (nSPS) is 32.3. The van der Waals surface area contributed by atoms with E-state index in [0.717, 1.165) is 12.8 Å². The van der Waals surface area contributed by atoms with Gasteiger partial charge in [-0.1, -0.05) is 13.3 Å². The van der Waals surface area contributed by atoms with E-state index < -0.39 is 11.9 Å². The number of hydrogen-bond acceptors (Lipinski definition) is 3. The van der Waals surface area contributed by atoms with Gasteiger partial charge in [0.1, 0.15) is 0 Å². The monoisotopic (exact) mass is 241 g/mol. The first kappa shape index (κ1) is 12.4. The van der Waals surface area contributed by atoms with Crippen LogP contribution in [0.15, 0.2) is 0 Å². The summed E-state index contributed by atoms with van der Waals surface area (Å²) in [5.41, 5.74) is 0. The molecule has 0 bridgehead atoms. The van der Waals surface area contributed by atoms with Crippen molar-refractivity contribution in [2.24, 2.45) is 11.8 Å². The minimum absolute atomic E-state index is 0.00167. The Morgan fingerprint density at radius 2 is 2.18 bits per heavy atom. The van der Waals surface area contributed by atoms with Gasteiger partial charge < -0.3 is 14.7 Å². The summed E-state index contributed by atoms with van der Waals surface area (Å²) < 4.78 is 5.56. The number of carboxylic acids is 1. The molecule has 1 heterocycles. The minimum atomic E-state index is -0.846. The smallest absolute Gasteiger partial charge is 0.307 e. The van der Waals surface area contributed by atoms with Crippen LogP contribution in [0, 0.1) is 11.8 Å². The zero-order chi connectivity index (χ0) is 12.4. The maximum absolute atomic E-state index is 12.0. The third kappa shape index (κ3) is 2.77. The van der Waals surface area contributed by atoms with Gasteiger partial charge in [0.05, 0.1) is 24.5 Å². The number of morpholine rings is 1. The molecule has 1 amide bonds. The fourth-order valence-electron chi connectivity index (χ4n) is 2.39. The quantitative estimate of drug-likeness (QED) is 0.788. The molecule has 0 aromatic carbocycles. The molecule has 1 aliphatic heterocycles. The molecular weight excluding hydrogens is 222 g/mol. The average Bonchev–Trinajstić information content (AvgIpc) is 3.09. The molecule has 0 spiro atoms. The van der Waals surface area contributed by atoms with Gasteiger partial charge in [-0.05, 0) is 12.8 Å². The van der Waals surface area contributed by atoms with Crippen LogP contribution in [0.5, 0.6) is 0 Å². The molecule has 96 valence electrons. The number of carboxylic acid groups (broad SMARTS) is 1. The number of ether oxygens (including phenoxy) is 1. The second kappa shape index (κ2) is 5.04. The number of nitrogens with zero attached hydrogens (tertiary/aromatic N) is 1. The Labute approximate surface area is 101 Å². The van der Waals surface area contributed by atoms with Gasteiger partial charge in [0.15, 0.2) is 0 Å². The van der Waals surface area contributed by atoms with E-state index in [2.05, 4.69) is 6.92 Å². The Morgan fingerprint density at radius 3 is 2.76 bits per heavy atom. The van der Waals surface area contributed by atoms with Gasteiger partial charge in [-0.15, -0.1) is 0 Å². The Bertz CT molecular complexity index is 316. The fraction of sp³-hybridized carbons (Fsp3) is 0.833. The highest BCUT2D eigenvalue weighted by Crippen LogP contribution is 2.40. The molecule has 3 unspecified atom stereocenters. The highest BCUT2D eigenvalue weighted by Gasteiger charge is 2.50. The van der Waals surface area contributed by atoms with Crippen LogP contribution in [0.2, 0.25) is 0 Å². The van der Waals surface area contributed by atoms with Crippen LogP contribution < -0.4 is 0 Å². The first-order valence-electron chi connectivity index (χ1n) is 6.26. The predicted octanol–water partition coefficient (Wildman–Crippen LogP) is 0.735. The minimum Gasteiger partial charge on any atom is -0.481 e. The second-order valence-corrected chi connectivity index (χ2v) is 4.85. The predicted molar refractivity (Wildman–Crippen MR) is 60.5 cm³/mol. The molecule has 2 fully saturated rings. The van der Waals surface area contributed by atoms with Crippen molar-refractivity contribution >= 4 is 11.9 Å². The van der Waals surface area contributed by atoms with Gasteiger partial charge in [0.2, 0.25) is 5.91 Å². The van der Waals surface area contributed by atoms with Crippen LogP contribution in [0.25, 0.3) is 0 Å². The molecule has 3 atom stereocenters. The van der Waals surface area contributed by atoms with Crippen LogP contribution in [0.4, 0.5) is 0 Å². The van der Waals surface area contributed by atoms with Gasteiger partial charge in [-0.2, -0.15) is 0 Å². The van der Waals surface area contributed by atoms with E-state index >= 15 is 0 Å². The highest BCUT2D eigenvalue weighted by atomic mass is 16.5. The van der Waals surface area contributed by atoms with E-state index in [9.17, 15) is 9.59 Å². The van der Waals surface area contributed by atoms with Crippen molar-refractivity contribution < 1.29 is 19.4 Å². The third-order valence-electron chi connectivity index (χ3n) is 3.49. The molecule has 1 saturated carbocycles. The summed E-state index contributed by atoms with van der Waals surface area (Å²) in [6.07, 6.45) is 2.62. The van der Waals surface area contributed by atoms with Gasteiger partial charge in [0, 0.05) is 13.1 Å². The first-order valence-corrected chi connectivity index (χ1v) is 6.26. The summed E-state index contributed by atoms with van der Waals surface area (Å²) >= 11 is 0. The molecule has 2 aliphatic rings. The molecule has 0 radical (unpaired) electrons. The number of rotatable bonds is 4. The maximum atomic E-state index is 12.0. The van der Waals surface area contributed by atoms with E-state index in [1.165, 1.54) is 0 Å². The van der Waals surface area contributed by atoms with E-state index in [1.807, 2.05) is 0 Å². The largest absolute Gasteiger partial charge is 0.481 e. The molecular formula is C12H19NO4. The van der Waals surface area contributed by atoms with Gasteiger partial charge in [-0.3, -0.25) is 9.59 Å². The zero-order valence-electron chi connectivity index (χ0n) is 10.1. The first-order chi connectivity index (χ1) is 8.13. The molecule has 5 heteroatoms. The van der Waals surface area contributed by atoms with E-state index in [4.69, 9.17) is 9.84 Å². The summed E-state index contributed by atoms with van der Waals surface area (Å²) in [6, 6.07) is 0. The van der Waals surface area contributed by atoms with Crippen molar-refractivity contribution in [2.75, 3.05) is 19.7 Å². The lowest BCUT2D eigenvalue weighted by atomic mass is 10.1. The van der Waals surface area contributed by atoms with E-state index in [1.54, 1.807) is 4.90 Å². The van der Waals surface area contributed by atoms with Crippen LogP contribution in [0.3, 0.4) is 0 Å². The third-order valence-corrected chi connectivity index (χ3v) is 3.49. The standard InChI is InChI=1S/C12H19NO4/c1-2-3-8-7-13(4-5-17-8)11(14)9-6-10(9)12(15)16/h8-10H,2-7H2,1H3,(H,15,16).